The molecule has 2 amide bonds. The zero-order valence-electron chi connectivity index (χ0n) is 20.5. The number of nitrogens with one attached hydrogen (secondary N) is 2. The van der Waals surface area contributed by atoms with E-state index in [1.165, 1.54) is 18.5 Å². The summed E-state index contributed by atoms with van der Waals surface area (Å²) in [6, 6.07) is 8.16. The van der Waals surface area contributed by atoms with Crippen LogP contribution in [-0.4, -0.2) is 66.5 Å². The highest BCUT2D eigenvalue weighted by Gasteiger charge is 2.27. The van der Waals surface area contributed by atoms with Crippen LogP contribution < -0.4 is 20.1 Å². The van der Waals surface area contributed by atoms with E-state index >= 15 is 0 Å². The normalized spacial score (nSPS) is 19.9. The minimum atomic E-state index is -0.490. The number of carbonyl (C=O) groups is 1. The first-order valence-electron chi connectivity index (χ1n) is 12.3. The Morgan fingerprint density at radius 2 is 1.89 bits per heavy atom. The van der Waals surface area contributed by atoms with E-state index in [2.05, 4.69) is 20.6 Å². The average Bonchev–Trinajstić information content (AvgIpc) is 2.92. The predicted octanol–water partition coefficient (Wildman–Crippen LogP) is 4.91. The maximum Gasteiger partial charge on any atom is 0.317 e. The van der Waals surface area contributed by atoms with E-state index < -0.39 is 5.82 Å². The summed E-state index contributed by atoms with van der Waals surface area (Å²) in [6.07, 6.45) is 4.71. The highest BCUT2D eigenvalue weighted by Crippen LogP contribution is 2.37. The molecule has 1 saturated carbocycles. The Morgan fingerprint density at radius 3 is 2.62 bits per heavy atom. The number of ether oxygens (including phenoxy) is 3. The van der Waals surface area contributed by atoms with Gasteiger partial charge in [-0.3, -0.25) is 0 Å². The summed E-state index contributed by atoms with van der Waals surface area (Å²) in [4.78, 5) is 23.0. The molecule has 2 heterocycles. The molecular formula is C26H29ClFN5O4. The van der Waals surface area contributed by atoms with Gasteiger partial charge in [0.15, 0.2) is 11.5 Å². The van der Waals surface area contributed by atoms with Gasteiger partial charge in [-0.2, -0.15) is 0 Å². The first-order chi connectivity index (χ1) is 18.0. The zero-order chi connectivity index (χ0) is 25.8. The van der Waals surface area contributed by atoms with Crippen LogP contribution in [-0.2, 0) is 4.74 Å². The van der Waals surface area contributed by atoms with Gasteiger partial charge in [0.1, 0.15) is 18.0 Å². The number of carbonyl (C=O) groups excluding carboxylic acids is 1. The fourth-order valence-electron chi connectivity index (χ4n) is 4.66. The van der Waals surface area contributed by atoms with Crippen molar-refractivity contribution in [2.24, 2.45) is 0 Å². The lowest BCUT2D eigenvalue weighted by atomic mass is 9.93. The number of urea groups is 1. The van der Waals surface area contributed by atoms with Crippen molar-refractivity contribution in [3.63, 3.8) is 0 Å². The number of amides is 2. The molecule has 1 aliphatic heterocycles. The second-order valence-electron chi connectivity index (χ2n) is 9.14. The van der Waals surface area contributed by atoms with E-state index in [9.17, 15) is 9.18 Å². The summed E-state index contributed by atoms with van der Waals surface area (Å²) >= 11 is 5.93. The molecule has 1 aliphatic carbocycles. The molecular weight excluding hydrogens is 501 g/mol. The highest BCUT2D eigenvalue weighted by molar-refractivity contribution is 6.31. The van der Waals surface area contributed by atoms with Crippen molar-refractivity contribution >= 4 is 40.0 Å². The van der Waals surface area contributed by atoms with Gasteiger partial charge >= 0.3 is 6.03 Å². The third kappa shape index (κ3) is 5.97. The van der Waals surface area contributed by atoms with Gasteiger partial charge in [-0.25, -0.2) is 19.2 Å². The summed E-state index contributed by atoms with van der Waals surface area (Å²) in [5.41, 5.74) is 1.27. The third-order valence-electron chi connectivity index (χ3n) is 6.70. The molecule has 2 N–H and O–H groups in total. The molecule has 0 atom stereocenters. The fourth-order valence-corrected chi connectivity index (χ4v) is 4.84. The monoisotopic (exact) mass is 529 g/mol. The lowest BCUT2D eigenvalue weighted by molar-refractivity contribution is 0.0514. The maximum absolute atomic E-state index is 13.6. The summed E-state index contributed by atoms with van der Waals surface area (Å²) in [5.74, 6) is 1.21. The van der Waals surface area contributed by atoms with Gasteiger partial charge in [-0.1, -0.05) is 11.6 Å². The van der Waals surface area contributed by atoms with E-state index in [1.807, 2.05) is 12.1 Å². The van der Waals surface area contributed by atoms with Crippen LogP contribution in [0.3, 0.4) is 0 Å². The van der Waals surface area contributed by atoms with Crippen LogP contribution in [0.5, 0.6) is 11.5 Å². The smallest absolute Gasteiger partial charge is 0.317 e. The van der Waals surface area contributed by atoms with Gasteiger partial charge in [0, 0.05) is 36.3 Å². The molecule has 1 aromatic heterocycles. The molecule has 0 spiro atoms. The molecule has 0 unspecified atom stereocenters. The Kier molecular flexibility index (Phi) is 7.76. The van der Waals surface area contributed by atoms with Crippen LogP contribution in [0.4, 0.5) is 20.7 Å². The van der Waals surface area contributed by atoms with Crippen molar-refractivity contribution in [2.75, 3.05) is 38.7 Å². The standard InChI is InChI=1S/C26H29ClFN5O4/c1-35-23-14-22-19(25(30-15-29-22)31-17-4-7-21(28)20(27)12-17)13-24(23)37-18-5-2-16(3-6-18)32-26(34)33-8-10-36-11-9-33/h4,7,12-16,18H,2-3,5-6,8-11H2,1H3,(H,32,34)(H,29,30,31)/t16-,18-. The minimum Gasteiger partial charge on any atom is -0.493 e. The Bertz CT molecular complexity index is 1270. The number of benzene rings is 2. The van der Waals surface area contributed by atoms with Gasteiger partial charge in [0.2, 0.25) is 0 Å². The largest absolute Gasteiger partial charge is 0.493 e. The van der Waals surface area contributed by atoms with Gasteiger partial charge in [0.05, 0.1) is 37.0 Å². The number of anilines is 2. The fraction of sp³-hybridized carbons (Fsp3) is 0.423. The maximum atomic E-state index is 13.6. The number of hydrogen-bond donors (Lipinski definition) is 2. The number of nitrogens with zero attached hydrogens (tertiary/aromatic N) is 3. The first-order valence-corrected chi connectivity index (χ1v) is 12.7. The SMILES string of the molecule is COc1cc2ncnc(Nc3ccc(F)c(Cl)c3)c2cc1O[C@H]1CC[C@H](NC(=O)N2CCOCC2)CC1. The first kappa shape index (κ1) is 25.3. The number of hydrogen-bond acceptors (Lipinski definition) is 7. The summed E-state index contributed by atoms with van der Waals surface area (Å²) in [7, 11) is 1.59. The molecule has 5 rings (SSSR count). The number of aromatic nitrogens is 2. The summed E-state index contributed by atoms with van der Waals surface area (Å²) in [5, 5.41) is 7.08. The Labute approximate surface area is 219 Å². The topological polar surface area (TPSA) is 97.8 Å². The summed E-state index contributed by atoms with van der Waals surface area (Å²) < 4.78 is 30.9. The van der Waals surface area contributed by atoms with E-state index in [-0.39, 0.29) is 23.2 Å². The van der Waals surface area contributed by atoms with Gasteiger partial charge < -0.3 is 29.7 Å². The Balaban J connectivity index is 1.27. The second-order valence-corrected chi connectivity index (χ2v) is 9.54. The molecule has 3 aromatic rings. The van der Waals surface area contributed by atoms with Gasteiger partial charge in [-0.15, -0.1) is 0 Å². The van der Waals surface area contributed by atoms with Crippen molar-refractivity contribution in [3.8, 4) is 11.5 Å². The lowest BCUT2D eigenvalue weighted by Gasteiger charge is -2.33. The van der Waals surface area contributed by atoms with Crippen molar-refractivity contribution in [1.82, 2.24) is 20.2 Å². The number of halogens is 2. The number of rotatable bonds is 6. The summed E-state index contributed by atoms with van der Waals surface area (Å²) in [6.45, 7) is 2.42. The molecule has 0 bridgehead atoms. The van der Waals surface area contributed by atoms with E-state index in [1.54, 1.807) is 18.1 Å². The third-order valence-corrected chi connectivity index (χ3v) is 6.99. The van der Waals surface area contributed by atoms with Crippen LogP contribution in [0.15, 0.2) is 36.7 Å². The molecule has 11 heteroatoms. The molecule has 0 radical (unpaired) electrons. The lowest BCUT2D eigenvalue weighted by Crippen LogP contribution is -2.50. The molecule has 2 aromatic carbocycles. The number of morpholine rings is 1. The highest BCUT2D eigenvalue weighted by atomic mass is 35.5. The van der Waals surface area contributed by atoms with Crippen molar-refractivity contribution < 1.29 is 23.4 Å². The van der Waals surface area contributed by atoms with Crippen LogP contribution in [0.2, 0.25) is 5.02 Å². The molecule has 37 heavy (non-hydrogen) atoms. The quantitative estimate of drug-likeness (QED) is 0.468. The van der Waals surface area contributed by atoms with Gasteiger partial charge in [-0.05, 0) is 49.9 Å². The molecule has 196 valence electrons. The van der Waals surface area contributed by atoms with Crippen LogP contribution in [0.1, 0.15) is 25.7 Å². The second kappa shape index (κ2) is 11.4. The molecule has 2 aliphatic rings. The minimum absolute atomic E-state index is 0.0140. The van der Waals surface area contributed by atoms with Gasteiger partial charge in [0.25, 0.3) is 0 Å². The number of methoxy groups -OCH3 is 1. The Hall–Kier alpha value is -3.37. The van der Waals surface area contributed by atoms with Crippen LogP contribution >= 0.6 is 11.6 Å². The van der Waals surface area contributed by atoms with Crippen LogP contribution in [0.25, 0.3) is 10.9 Å². The average molecular weight is 530 g/mol. The van der Waals surface area contributed by atoms with Crippen molar-refractivity contribution in [3.05, 3.63) is 47.5 Å². The van der Waals surface area contributed by atoms with Crippen molar-refractivity contribution in [2.45, 2.75) is 37.8 Å². The predicted molar refractivity (Wildman–Crippen MR) is 138 cm³/mol. The Morgan fingerprint density at radius 1 is 1.11 bits per heavy atom. The van der Waals surface area contributed by atoms with E-state index in [0.717, 1.165) is 31.1 Å². The van der Waals surface area contributed by atoms with E-state index in [0.29, 0.717) is 54.8 Å². The van der Waals surface area contributed by atoms with Crippen molar-refractivity contribution in [1.29, 1.82) is 0 Å². The van der Waals surface area contributed by atoms with E-state index in [4.69, 9.17) is 25.8 Å². The number of fused-ring (bicyclic) bond motifs is 1. The zero-order valence-corrected chi connectivity index (χ0v) is 21.3. The molecule has 2 fully saturated rings. The molecule has 9 nitrogen and oxygen atoms in total. The molecule has 1 saturated heterocycles. The van der Waals surface area contributed by atoms with Crippen LogP contribution in [0, 0.1) is 5.82 Å².